The number of carbonyl (C=O) groups is 1. The number of carbonyl (C=O) groups excluding carboxylic acids is 1. The van der Waals surface area contributed by atoms with Crippen LogP contribution >= 0.6 is 15.9 Å². The van der Waals surface area contributed by atoms with Gasteiger partial charge in [0, 0.05) is 10.2 Å². The molecule has 0 heterocycles. The van der Waals surface area contributed by atoms with Crippen molar-refractivity contribution in [1.82, 2.24) is 0 Å². The van der Waals surface area contributed by atoms with E-state index in [0.717, 1.165) is 15.7 Å². The van der Waals surface area contributed by atoms with E-state index in [1.54, 1.807) is 6.92 Å². The zero-order valence-electron chi connectivity index (χ0n) is 8.84. The zero-order valence-corrected chi connectivity index (χ0v) is 10.4. The standard InChI is InChI=1S/C11H14BrNO2/c1-3-15-10(14)7-13-9-6-4-5-8(2)11(9)12/h4-6,13H,3,7H2,1-2H3. The molecule has 15 heavy (non-hydrogen) atoms. The van der Waals surface area contributed by atoms with Gasteiger partial charge in [-0.1, -0.05) is 12.1 Å². The molecule has 0 unspecified atom stereocenters. The van der Waals surface area contributed by atoms with Gasteiger partial charge < -0.3 is 10.1 Å². The Hall–Kier alpha value is -1.03. The highest BCUT2D eigenvalue weighted by Gasteiger charge is 2.04. The second-order valence-corrected chi connectivity index (χ2v) is 3.89. The molecular formula is C11H14BrNO2. The summed E-state index contributed by atoms with van der Waals surface area (Å²) in [5.74, 6) is -0.245. The summed E-state index contributed by atoms with van der Waals surface area (Å²) >= 11 is 3.45. The van der Waals surface area contributed by atoms with E-state index in [2.05, 4.69) is 21.2 Å². The Kier molecular flexibility index (Phi) is 4.62. The summed E-state index contributed by atoms with van der Waals surface area (Å²) in [6, 6.07) is 5.85. The molecule has 82 valence electrons. The number of aryl methyl sites for hydroxylation is 1. The molecule has 3 nitrogen and oxygen atoms in total. The third kappa shape index (κ3) is 3.55. The second-order valence-electron chi connectivity index (χ2n) is 3.10. The average molecular weight is 272 g/mol. The zero-order chi connectivity index (χ0) is 11.3. The van der Waals surface area contributed by atoms with Gasteiger partial charge in [0.15, 0.2) is 0 Å². The Morgan fingerprint density at radius 2 is 2.27 bits per heavy atom. The molecule has 0 spiro atoms. The van der Waals surface area contributed by atoms with E-state index in [0.29, 0.717) is 6.61 Å². The van der Waals surface area contributed by atoms with Crippen molar-refractivity contribution in [3.8, 4) is 0 Å². The highest BCUT2D eigenvalue weighted by Crippen LogP contribution is 2.25. The van der Waals surface area contributed by atoms with Gasteiger partial charge in [0.2, 0.25) is 0 Å². The number of hydrogen-bond acceptors (Lipinski definition) is 3. The van der Waals surface area contributed by atoms with Crippen LogP contribution in [0.2, 0.25) is 0 Å². The quantitative estimate of drug-likeness (QED) is 0.856. The predicted octanol–water partition coefficient (Wildman–Crippen LogP) is 2.73. The van der Waals surface area contributed by atoms with E-state index in [1.165, 1.54) is 0 Å². The summed E-state index contributed by atoms with van der Waals surface area (Å²) in [4.78, 5) is 11.1. The predicted molar refractivity (Wildman–Crippen MR) is 64.0 cm³/mol. The van der Waals surface area contributed by atoms with Crippen molar-refractivity contribution in [3.63, 3.8) is 0 Å². The van der Waals surface area contributed by atoms with Crippen molar-refractivity contribution in [1.29, 1.82) is 0 Å². The highest BCUT2D eigenvalue weighted by molar-refractivity contribution is 9.10. The van der Waals surface area contributed by atoms with Crippen LogP contribution in [0, 0.1) is 6.92 Å². The highest BCUT2D eigenvalue weighted by atomic mass is 79.9. The molecule has 1 rings (SSSR count). The topological polar surface area (TPSA) is 38.3 Å². The minimum Gasteiger partial charge on any atom is -0.465 e. The minimum absolute atomic E-state index is 0.190. The Bertz CT molecular complexity index is 352. The third-order valence-electron chi connectivity index (χ3n) is 1.92. The minimum atomic E-state index is -0.245. The molecule has 0 amide bonds. The molecule has 1 N–H and O–H groups in total. The largest absolute Gasteiger partial charge is 0.465 e. The van der Waals surface area contributed by atoms with Crippen LogP contribution in [-0.4, -0.2) is 19.1 Å². The number of benzene rings is 1. The van der Waals surface area contributed by atoms with E-state index in [-0.39, 0.29) is 12.5 Å². The SMILES string of the molecule is CCOC(=O)CNc1cccc(C)c1Br. The fraction of sp³-hybridized carbons (Fsp3) is 0.364. The van der Waals surface area contributed by atoms with Gasteiger partial charge in [0.25, 0.3) is 0 Å². The average Bonchev–Trinajstić information content (AvgIpc) is 2.21. The van der Waals surface area contributed by atoms with Crippen LogP contribution in [0.3, 0.4) is 0 Å². The van der Waals surface area contributed by atoms with Crippen LogP contribution in [0.1, 0.15) is 12.5 Å². The van der Waals surface area contributed by atoms with Gasteiger partial charge in [-0.15, -0.1) is 0 Å². The van der Waals surface area contributed by atoms with Crippen LogP contribution in [0.15, 0.2) is 22.7 Å². The molecule has 0 aliphatic carbocycles. The summed E-state index contributed by atoms with van der Waals surface area (Å²) < 4.78 is 5.80. The molecule has 1 aromatic carbocycles. The molecule has 0 aliphatic rings. The van der Waals surface area contributed by atoms with Gasteiger partial charge in [0.05, 0.1) is 6.61 Å². The molecule has 0 radical (unpaired) electrons. The summed E-state index contributed by atoms with van der Waals surface area (Å²) in [6.07, 6.45) is 0. The van der Waals surface area contributed by atoms with Crippen molar-refractivity contribution >= 4 is 27.6 Å². The number of anilines is 1. The molecule has 0 aliphatic heterocycles. The van der Waals surface area contributed by atoms with Crippen LogP contribution in [-0.2, 0) is 9.53 Å². The molecular weight excluding hydrogens is 258 g/mol. The number of esters is 1. The van der Waals surface area contributed by atoms with E-state index in [1.807, 2.05) is 25.1 Å². The molecule has 0 bridgehead atoms. The van der Waals surface area contributed by atoms with E-state index >= 15 is 0 Å². The van der Waals surface area contributed by atoms with Gasteiger partial charge in [-0.05, 0) is 41.4 Å². The smallest absolute Gasteiger partial charge is 0.325 e. The molecule has 0 saturated heterocycles. The number of nitrogens with one attached hydrogen (secondary N) is 1. The van der Waals surface area contributed by atoms with Crippen LogP contribution < -0.4 is 5.32 Å². The number of ether oxygens (including phenoxy) is 1. The van der Waals surface area contributed by atoms with Crippen LogP contribution in [0.25, 0.3) is 0 Å². The molecule has 0 fully saturated rings. The van der Waals surface area contributed by atoms with Crippen molar-refractivity contribution in [2.75, 3.05) is 18.5 Å². The molecule has 4 heteroatoms. The van der Waals surface area contributed by atoms with E-state index in [4.69, 9.17) is 4.74 Å². The van der Waals surface area contributed by atoms with Crippen LogP contribution in [0.5, 0.6) is 0 Å². The molecule has 0 atom stereocenters. The maximum Gasteiger partial charge on any atom is 0.325 e. The summed E-state index contributed by atoms with van der Waals surface area (Å²) in [6.45, 7) is 4.39. The molecule has 0 aromatic heterocycles. The van der Waals surface area contributed by atoms with Gasteiger partial charge in [-0.2, -0.15) is 0 Å². The number of hydrogen-bond donors (Lipinski definition) is 1. The lowest BCUT2D eigenvalue weighted by molar-refractivity contribution is -0.140. The van der Waals surface area contributed by atoms with Crippen molar-refractivity contribution in [2.24, 2.45) is 0 Å². The molecule has 0 saturated carbocycles. The lowest BCUT2D eigenvalue weighted by Crippen LogP contribution is -2.16. The van der Waals surface area contributed by atoms with Crippen molar-refractivity contribution < 1.29 is 9.53 Å². The first-order valence-corrected chi connectivity index (χ1v) is 5.59. The Balaban J connectivity index is 2.58. The first-order valence-electron chi connectivity index (χ1n) is 4.79. The number of halogens is 1. The number of rotatable bonds is 4. The van der Waals surface area contributed by atoms with Crippen molar-refractivity contribution in [2.45, 2.75) is 13.8 Å². The fourth-order valence-electron chi connectivity index (χ4n) is 1.16. The molecule has 1 aromatic rings. The lowest BCUT2D eigenvalue weighted by atomic mass is 10.2. The van der Waals surface area contributed by atoms with Crippen molar-refractivity contribution in [3.05, 3.63) is 28.2 Å². The first kappa shape index (κ1) is 12.0. The van der Waals surface area contributed by atoms with Gasteiger partial charge in [-0.25, -0.2) is 0 Å². The maximum absolute atomic E-state index is 11.1. The normalized spacial score (nSPS) is 9.80. The van der Waals surface area contributed by atoms with Gasteiger partial charge >= 0.3 is 5.97 Å². The Morgan fingerprint density at radius 1 is 1.53 bits per heavy atom. The first-order chi connectivity index (χ1) is 7.15. The van der Waals surface area contributed by atoms with Gasteiger partial charge in [-0.3, -0.25) is 4.79 Å². The fourth-order valence-corrected chi connectivity index (χ4v) is 1.57. The van der Waals surface area contributed by atoms with E-state index < -0.39 is 0 Å². The second kappa shape index (κ2) is 5.75. The van der Waals surface area contributed by atoms with Crippen LogP contribution in [0.4, 0.5) is 5.69 Å². The summed E-state index contributed by atoms with van der Waals surface area (Å²) in [5, 5.41) is 3.02. The van der Waals surface area contributed by atoms with E-state index in [9.17, 15) is 4.79 Å². The Labute approximate surface area is 97.9 Å². The summed E-state index contributed by atoms with van der Waals surface area (Å²) in [5.41, 5.74) is 2.03. The van der Waals surface area contributed by atoms with Gasteiger partial charge in [0.1, 0.15) is 6.54 Å². The monoisotopic (exact) mass is 271 g/mol. The Morgan fingerprint density at radius 3 is 2.93 bits per heavy atom. The lowest BCUT2D eigenvalue weighted by Gasteiger charge is -2.09. The third-order valence-corrected chi connectivity index (χ3v) is 2.97. The summed E-state index contributed by atoms with van der Waals surface area (Å²) in [7, 11) is 0. The maximum atomic E-state index is 11.1.